The minimum absolute atomic E-state index is 0.363. The van der Waals surface area contributed by atoms with Crippen LogP contribution in [0.1, 0.15) is 11.3 Å². The number of nitrogens with zero attached hydrogens (tertiary/aromatic N) is 2. The monoisotopic (exact) mass is 276 g/mol. The average molecular weight is 277 g/mol. The van der Waals surface area contributed by atoms with Crippen LogP contribution in [0.3, 0.4) is 0 Å². The summed E-state index contributed by atoms with van der Waals surface area (Å²) in [5, 5.41) is 9.90. The van der Waals surface area contributed by atoms with Crippen LogP contribution in [0, 0.1) is 18.3 Å². The smallest absolute Gasteiger partial charge is 0.0723 e. The molecule has 1 aromatic carbocycles. The fourth-order valence-corrected chi connectivity index (χ4v) is 2.27. The number of nitriles is 1. The third kappa shape index (κ3) is 2.81. The Hall–Kier alpha value is -1.56. The summed E-state index contributed by atoms with van der Waals surface area (Å²) in [6, 6.07) is 11.2. The summed E-state index contributed by atoms with van der Waals surface area (Å²) in [5.41, 5.74) is 3.39. The maximum atomic E-state index is 8.75. The third-order valence-electron chi connectivity index (χ3n) is 2.50. The number of rotatable bonds is 2. The van der Waals surface area contributed by atoms with Crippen molar-refractivity contribution in [1.29, 1.82) is 5.26 Å². The lowest BCUT2D eigenvalue weighted by Gasteiger charge is -2.07. The van der Waals surface area contributed by atoms with Gasteiger partial charge in [0.15, 0.2) is 0 Å². The van der Waals surface area contributed by atoms with Gasteiger partial charge in [-0.2, -0.15) is 5.26 Å². The first-order valence-corrected chi connectivity index (χ1v) is 6.15. The van der Waals surface area contributed by atoms with Crippen molar-refractivity contribution in [3.63, 3.8) is 0 Å². The largest absolute Gasteiger partial charge is 0.253 e. The summed E-state index contributed by atoms with van der Waals surface area (Å²) < 4.78 is 0. The van der Waals surface area contributed by atoms with Crippen LogP contribution < -0.4 is 0 Å². The molecular formula is C14H10Cl2N2. The highest BCUT2D eigenvalue weighted by molar-refractivity contribution is 6.36. The molecule has 0 atom stereocenters. The van der Waals surface area contributed by atoms with Crippen LogP contribution >= 0.6 is 23.2 Å². The van der Waals surface area contributed by atoms with E-state index in [2.05, 4.69) is 11.1 Å². The molecule has 1 aromatic heterocycles. The quantitative estimate of drug-likeness (QED) is 0.814. The van der Waals surface area contributed by atoms with Gasteiger partial charge in [-0.25, -0.2) is 0 Å². The van der Waals surface area contributed by atoms with Crippen molar-refractivity contribution in [3.8, 4) is 17.3 Å². The fourth-order valence-electron chi connectivity index (χ4n) is 1.77. The average Bonchev–Trinajstić information content (AvgIpc) is 2.28. The molecule has 18 heavy (non-hydrogen) atoms. The minimum atomic E-state index is 0.363. The number of benzene rings is 1. The lowest BCUT2D eigenvalue weighted by Crippen LogP contribution is -1.92. The summed E-state index contributed by atoms with van der Waals surface area (Å²) in [5.74, 6) is 0. The Bertz CT molecular complexity index is 630. The number of hydrogen-bond acceptors (Lipinski definition) is 2. The second-order valence-electron chi connectivity index (χ2n) is 3.96. The van der Waals surface area contributed by atoms with E-state index in [1.807, 2.05) is 25.1 Å². The van der Waals surface area contributed by atoms with Crippen molar-refractivity contribution in [2.75, 3.05) is 0 Å². The van der Waals surface area contributed by atoms with E-state index in [9.17, 15) is 0 Å². The first kappa shape index (κ1) is 12.9. The molecule has 4 heteroatoms. The van der Waals surface area contributed by atoms with Gasteiger partial charge in [0.25, 0.3) is 0 Å². The molecule has 0 aliphatic heterocycles. The van der Waals surface area contributed by atoms with Crippen LogP contribution in [0.4, 0.5) is 0 Å². The van der Waals surface area contributed by atoms with Gasteiger partial charge in [-0.15, -0.1) is 0 Å². The molecule has 0 amide bonds. The predicted molar refractivity (Wildman–Crippen MR) is 73.7 cm³/mol. The first-order valence-electron chi connectivity index (χ1n) is 5.40. The zero-order valence-corrected chi connectivity index (χ0v) is 11.3. The summed E-state index contributed by atoms with van der Waals surface area (Å²) in [7, 11) is 0. The van der Waals surface area contributed by atoms with Crippen LogP contribution in [0.25, 0.3) is 11.3 Å². The molecular weight excluding hydrogens is 267 g/mol. The lowest BCUT2D eigenvalue weighted by molar-refractivity contribution is 1.15. The Morgan fingerprint density at radius 1 is 1.22 bits per heavy atom. The summed E-state index contributed by atoms with van der Waals surface area (Å²) in [4.78, 5) is 4.44. The normalized spacial score (nSPS) is 10.1. The van der Waals surface area contributed by atoms with E-state index >= 15 is 0 Å². The van der Waals surface area contributed by atoms with E-state index in [4.69, 9.17) is 28.5 Å². The number of aromatic nitrogens is 1. The van der Waals surface area contributed by atoms with Crippen molar-refractivity contribution in [2.24, 2.45) is 0 Å². The van der Waals surface area contributed by atoms with E-state index in [1.165, 1.54) is 0 Å². The van der Waals surface area contributed by atoms with Gasteiger partial charge >= 0.3 is 0 Å². The number of pyridine rings is 1. The van der Waals surface area contributed by atoms with E-state index in [1.54, 1.807) is 12.1 Å². The maximum absolute atomic E-state index is 8.75. The molecule has 1 heterocycles. The Kier molecular flexibility index (Phi) is 3.86. The molecule has 2 aromatic rings. The Morgan fingerprint density at radius 2 is 2.00 bits per heavy atom. The standard InChI is InChI=1S/C14H10Cl2N2/c1-9-6-10(4-5-17)7-14(18-9)12-3-2-11(15)8-13(12)16/h2-3,6-8H,4H2,1H3. The van der Waals surface area contributed by atoms with Crippen molar-refractivity contribution in [3.05, 3.63) is 51.6 Å². The Labute approximate surface area is 116 Å². The maximum Gasteiger partial charge on any atom is 0.0723 e. The summed E-state index contributed by atoms with van der Waals surface area (Å²) >= 11 is 12.0. The third-order valence-corrected chi connectivity index (χ3v) is 3.05. The Balaban J connectivity index is 2.53. The molecule has 2 rings (SSSR count). The van der Waals surface area contributed by atoms with E-state index in [0.717, 1.165) is 22.5 Å². The Morgan fingerprint density at radius 3 is 2.67 bits per heavy atom. The van der Waals surface area contributed by atoms with E-state index < -0.39 is 0 Å². The molecule has 0 aliphatic rings. The van der Waals surface area contributed by atoms with Gasteiger partial charge in [-0.05, 0) is 42.8 Å². The van der Waals surface area contributed by atoms with Crippen LogP contribution in [0.15, 0.2) is 30.3 Å². The van der Waals surface area contributed by atoms with Crippen molar-refractivity contribution < 1.29 is 0 Å². The van der Waals surface area contributed by atoms with Gasteiger partial charge in [-0.3, -0.25) is 4.98 Å². The molecule has 0 spiro atoms. The van der Waals surface area contributed by atoms with Gasteiger partial charge in [0.05, 0.1) is 23.2 Å². The van der Waals surface area contributed by atoms with Crippen LogP contribution in [-0.2, 0) is 6.42 Å². The SMILES string of the molecule is Cc1cc(CC#N)cc(-c2ccc(Cl)cc2Cl)n1. The molecule has 0 aliphatic carbocycles. The van der Waals surface area contributed by atoms with Gasteiger partial charge in [-0.1, -0.05) is 23.2 Å². The summed E-state index contributed by atoms with van der Waals surface area (Å²) in [6.07, 6.45) is 0.363. The molecule has 0 fully saturated rings. The highest BCUT2D eigenvalue weighted by Gasteiger charge is 2.07. The number of halogens is 2. The minimum Gasteiger partial charge on any atom is -0.253 e. The molecule has 0 radical (unpaired) electrons. The van der Waals surface area contributed by atoms with Crippen molar-refractivity contribution in [2.45, 2.75) is 13.3 Å². The fraction of sp³-hybridized carbons (Fsp3) is 0.143. The van der Waals surface area contributed by atoms with Crippen molar-refractivity contribution in [1.82, 2.24) is 4.98 Å². The molecule has 0 unspecified atom stereocenters. The molecule has 90 valence electrons. The molecule has 0 saturated heterocycles. The van der Waals surface area contributed by atoms with Crippen LogP contribution in [0.5, 0.6) is 0 Å². The highest BCUT2D eigenvalue weighted by Crippen LogP contribution is 2.29. The van der Waals surface area contributed by atoms with Crippen LogP contribution in [0.2, 0.25) is 10.0 Å². The second kappa shape index (κ2) is 5.39. The van der Waals surface area contributed by atoms with Gasteiger partial charge < -0.3 is 0 Å². The molecule has 0 N–H and O–H groups in total. The highest BCUT2D eigenvalue weighted by atomic mass is 35.5. The van der Waals surface area contributed by atoms with Crippen molar-refractivity contribution >= 4 is 23.2 Å². The number of aryl methyl sites for hydroxylation is 1. The molecule has 2 nitrogen and oxygen atoms in total. The van der Waals surface area contributed by atoms with Gasteiger partial charge in [0.2, 0.25) is 0 Å². The summed E-state index contributed by atoms with van der Waals surface area (Å²) in [6.45, 7) is 1.90. The number of hydrogen-bond donors (Lipinski definition) is 0. The first-order chi connectivity index (χ1) is 8.60. The second-order valence-corrected chi connectivity index (χ2v) is 4.80. The van der Waals surface area contributed by atoms with Crippen LogP contribution in [-0.4, -0.2) is 4.98 Å². The van der Waals surface area contributed by atoms with Gasteiger partial charge in [0.1, 0.15) is 0 Å². The molecule has 0 saturated carbocycles. The zero-order chi connectivity index (χ0) is 13.1. The molecule has 0 bridgehead atoms. The van der Waals surface area contributed by atoms with Gasteiger partial charge in [0, 0.05) is 16.3 Å². The topological polar surface area (TPSA) is 36.7 Å². The van der Waals surface area contributed by atoms with E-state index in [0.29, 0.717) is 16.5 Å². The van der Waals surface area contributed by atoms with E-state index in [-0.39, 0.29) is 0 Å². The predicted octanol–water partition coefficient (Wildman–Crippen LogP) is 4.43. The zero-order valence-electron chi connectivity index (χ0n) is 9.74. The lowest BCUT2D eigenvalue weighted by atomic mass is 10.1.